The van der Waals surface area contributed by atoms with Crippen molar-refractivity contribution in [1.29, 1.82) is 0 Å². The van der Waals surface area contributed by atoms with Crippen LogP contribution in [0.4, 0.5) is 11.8 Å². The van der Waals surface area contributed by atoms with Crippen LogP contribution in [0.1, 0.15) is 36.9 Å². The van der Waals surface area contributed by atoms with Gasteiger partial charge in [-0.2, -0.15) is 21.7 Å². The van der Waals surface area contributed by atoms with E-state index in [9.17, 15) is 5.11 Å². The van der Waals surface area contributed by atoms with Crippen LogP contribution >= 0.6 is 11.8 Å². The number of fused-ring (bicyclic) bond motifs is 3. The van der Waals surface area contributed by atoms with Crippen LogP contribution in [-0.2, 0) is 18.7 Å². The molecule has 26 heavy (non-hydrogen) atoms. The van der Waals surface area contributed by atoms with Gasteiger partial charge in [0.2, 0.25) is 5.95 Å². The third kappa shape index (κ3) is 2.67. The predicted octanol–water partition coefficient (Wildman–Crippen LogP) is 2.41. The van der Waals surface area contributed by atoms with Crippen molar-refractivity contribution in [3.05, 3.63) is 11.3 Å². The maximum Gasteiger partial charge on any atom is 0.229 e. The van der Waals surface area contributed by atoms with Gasteiger partial charge in [0.1, 0.15) is 11.5 Å². The lowest BCUT2D eigenvalue weighted by molar-refractivity contribution is 0.276. The van der Waals surface area contributed by atoms with Gasteiger partial charge < -0.3 is 19.5 Å². The van der Waals surface area contributed by atoms with E-state index < -0.39 is 0 Å². The number of aliphatic hydroxyl groups is 1. The summed E-state index contributed by atoms with van der Waals surface area (Å²) in [7, 11) is 0. The molecule has 1 N–H and O–H groups in total. The van der Waals surface area contributed by atoms with Crippen molar-refractivity contribution >= 4 is 34.6 Å². The van der Waals surface area contributed by atoms with Crippen LogP contribution in [0.15, 0.2) is 0 Å². The number of nitrogens with zero attached hydrogens (tertiary/aromatic N) is 5. The summed E-state index contributed by atoms with van der Waals surface area (Å²) < 4.78 is 2.28. The lowest BCUT2D eigenvalue weighted by Crippen LogP contribution is -2.24. The van der Waals surface area contributed by atoms with Crippen LogP contribution < -0.4 is 9.80 Å². The van der Waals surface area contributed by atoms with Crippen molar-refractivity contribution in [1.82, 2.24) is 14.5 Å². The summed E-state index contributed by atoms with van der Waals surface area (Å²) >= 11 is 2.00. The van der Waals surface area contributed by atoms with Crippen molar-refractivity contribution in [2.45, 2.75) is 44.4 Å². The molecular formula is C19H27N5OS. The zero-order valence-electron chi connectivity index (χ0n) is 15.3. The van der Waals surface area contributed by atoms with Gasteiger partial charge in [-0.25, -0.2) is 0 Å². The predicted molar refractivity (Wildman–Crippen MR) is 107 cm³/mol. The van der Waals surface area contributed by atoms with Gasteiger partial charge >= 0.3 is 0 Å². The summed E-state index contributed by atoms with van der Waals surface area (Å²) in [5.74, 6) is 4.22. The smallest absolute Gasteiger partial charge is 0.229 e. The number of anilines is 2. The molecule has 0 spiro atoms. The van der Waals surface area contributed by atoms with Crippen LogP contribution in [0.25, 0.3) is 11.0 Å². The van der Waals surface area contributed by atoms with Crippen LogP contribution in [0.2, 0.25) is 0 Å². The Morgan fingerprint density at radius 1 is 0.962 bits per heavy atom. The first kappa shape index (κ1) is 16.7. The van der Waals surface area contributed by atoms with E-state index in [-0.39, 0.29) is 6.61 Å². The van der Waals surface area contributed by atoms with Gasteiger partial charge in [0.25, 0.3) is 0 Å². The summed E-state index contributed by atoms with van der Waals surface area (Å²) in [5.41, 5.74) is 3.84. The molecule has 0 saturated carbocycles. The molecule has 0 amide bonds. The molecule has 0 aromatic carbocycles. The fourth-order valence-electron chi connectivity index (χ4n) is 4.67. The van der Waals surface area contributed by atoms with E-state index in [1.165, 1.54) is 42.3 Å². The summed E-state index contributed by atoms with van der Waals surface area (Å²) in [6, 6.07) is 0. The van der Waals surface area contributed by atoms with Gasteiger partial charge in [-0.15, -0.1) is 0 Å². The zero-order chi connectivity index (χ0) is 17.5. The summed E-state index contributed by atoms with van der Waals surface area (Å²) in [4.78, 5) is 14.9. The van der Waals surface area contributed by atoms with Crippen molar-refractivity contribution in [2.24, 2.45) is 0 Å². The normalized spacial score (nSPS) is 20.3. The third-order valence-electron chi connectivity index (χ3n) is 5.94. The Morgan fingerprint density at radius 2 is 1.69 bits per heavy atom. The van der Waals surface area contributed by atoms with E-state index in [4.69, 9.17) is 9.97 Å². The van der Waals surface area contributed by atoms with Gasteiger partial charge in [-0.05, 0) is 43.4 Å². The molecule has 6 nitrogen and oxygen atoms in total. The Bertz CT molecular complexity index is 808. The number of aliphatic hydroxyl groups excluding tert-OH is 1. The van der Waals surface area contributed by atoms with Gasteiger partial charge in [0.05, 0.1) is 12.0 Å². The summed E-state index contributed by atoms with van der Waals surface area (Å²) in [6.45, 7) is 5.09. The fourth-order valence-corrected chi connectivity index (χ4v) is 5.67. The fraction of sp³-hybridized carbons (Fsp3) is 0.684. The van der Waals surface area contributed by atoms with E-state index in [0.717, 1.165) is 61.5 Å². The number of thioether (sulfide) groups is 1. The van der Waals surface area contributed by atoms with Crippen LogP contribution in [-0.4, -0.2) is 58.2 Å². The maximum absolute atomic E-state index is 9.67. The quantitative estimate of drug-likeness (QED) is 0.888. The molecule has 2 saturated heterocycles. The van der Waals surface area contributed by atoms with Crippen LogP contribution in [0.5, 0.6) is 0 Å². The number of hydrogen-bond acceptors (Lipinski definition) is 6. The molecule has 2 fully saturated rings. The Morgan fingerprint density at radius 3 is 2.42 bits per heavy atom. The van der Waals surface area contributed by atoms with E-state index in [1.807, 2.05) is 11.8 Å². The lowest BCUT2D eigenvalue weighted by atomic mass is 10.1. The first-order chi connectivity index (χ1) is 12.9. The zero-order valence-corrected chi connectivity index (χ0v) is 16.1. The first-order valence-electron chi connectivity index (χ1n) is 9.97. The second kappa shape index (κ2) is 6.93. The molecule has 7 heteroatoms. The van der Waals surface area contributed by atoms with Crippen molar-refractivity contribution in [3.63, 3.8) is 0 Å². The molecule has 0 radical (unpaired) electrons. The topological polar surface area (TPSA) is 57.4 Å². The van der Waals surface area contributed by atoms with E-state index >= 15 is 0 Å². The summed E-state index contributed by atoms with van der Waals surface area (Å²) in [6.07, 6.45) is 6.02. The summed E-state index contributed by atoms with van der Waals surface area (Å²) in [5, 5.41) is 10.9. The Kier molecular flexibility index (Phi) is 4.44. The molecule has 0 atom stereocenters. The molecular weight excluding hydrogens is 346 g/mol. The second-order valence-corrected chi connectivity index (χ2v) is 8.64. The average molecular weight is 374 g/mol. The highest BCUT2D eigenvalue weighted by Gasteiger charge is 2.29. The molecule has 3 aliphatic heterocycles. The average Bonchev–Trinajstić information content (AvgIpc) is 3.43. The lowest BCUT2D eigenvalue weighted by Gasteiger charge is -2.22. The maximum atomic E-state index is 9.67. The third-order valence-corrected chi connectivity index (χ3v) is 6.92. The SMILES string of the molecule is OCCn1c2c(c3c(N4CCCC4)nc(N4CCCC4)nc31)CSCC2. The van der Waals surface area contributed by atoms with Gasteiger partial charge in [0, 0.05) is 44.2 Å². The molecule has 0 unspecified atom stereocenters. The molecule has 140 valence electrons. The minimum absolute atomic E-state index is 0.158. The van der Waals surface area contributed by atoms with E-state index in [1.54, 1.807) is 0 Å². The number of hydrogen-bond donors (Lipinski definition) is 1. The first-order valence-corrected chi connectivity index (χ1v) is 11.1. The van der Waals surface area contributed by atoms with Gasteiger partial charge in [0.15, 0.2) is 0 Å². The second-order valence-electron chi connectivity index (χ2n) is 7.54. The van der Waals surface area contributed by atoms with Gasteiger partial charge in [-0.3, -0.25) is 0 Å². The molecule has 5 heterocycles. The minimum Gasteiger partial charge on any atom is -0.395 e. The highest BCUT2D eigenvalue weighted by molar-refractivity contribution is 7.98. The highest BCUT2D eigenvalue weighted by Crippen LogP contribution is 2.39. The van der Waals surface area contributed by atoms with Crippen LogP contribution in [0, 0.1) is 0 Å². The molecule has 5 rings (SSSR count). The highest BCUT2D eigenvalue weighted by atomic mass is 32.2. The van der Waals surface area contributed by atoms with E-state index in [2.05, 4.69) is 14.4 Å². The number of aromatic nitrogens is 3. The molecule has 2 aromatic rings. The van der Waals surface area contributed by atoms with Crippen molar-refractivity contribution in [2.75, 3.05) is 48.3 Å². The standard InChI is InChI=1S/C19H27N5OS/c25-11-10-24-15-5-12-26-13-14(15)16-17(22-6-1-2-7-22)20-19(21-18(16)24)23-8-3-4-9-23/h25H,1-13H2. The Balaban J connectivity index is 1.75. The minimum atomic E-state index is 0.158. The van der Waals surface area contributed by atoms with Crippen molar-refractivity contribution in [3.8, 4) is 0 Å². The van der Waals surface area contributed by atoms with Crippen molar-refractivity contribution < 1.29 is 5.11 Å². The molecule has 2 aromatic heterocycles. The number of rotatable bonds is 4. The van der Waals surface area contributed by atoms with Crippen LogP contribution in [0.3, 0.4) is 0 Å². The Labute approximate surface area is 158 Å². The molecule has 3 aliphatic rings. The van der Waals surface area contributed by atoms with E-state index in [0.29, 0.717) is 6.54 Å². The Hall–Kier alpha value is -1.47. The largest absolute Gasteiger partial charge is 0.395 e. The molecule has 0 bridgehead atoms. The monoisotopic (exact) mass is 373 g/mol. The van der Waals surface area contributed by atoms with Gasteiger partial charge in [-0.1, -0.05) is 0 Å². The molecule has 0 aliphatic carbocycles.